The molecule has 3 heterocycles. The van der Waals surface area contributed by atoms with E-state index >= 15 is 0 Å². The molecule has 6 nitrogen and oxygen atoms in total. The van der Waals surface area contributed by atoms with Crippen LogP contribution in [0.1, 0.15) is 11.3 Å². The first-order valence-electron chi connectivity index (χ1n) is 9.71. The van der Waals surface area contributed by atoms with Crippen LogP contribution in [0.25, 0.3) is 0 Å². The summed E-state index contributed by atoms with van der Waals surface area (Å²) in [7, 11) is 1.85. The van der Waals surface area contributed by atoms with Crippen LogP contribution in [0.4, 0.5) is 0 Å². The van der Waals surface area contributed by atoms with Gasteiger partial charge in [-0.15, -0.1) is 24.0 Å². The molecule has 2 aliphatic heterocycles. The SMILES string of the molecule is CN=C(NCCc1ccco1)N1CC2OCCN(Cc3ccccc3)C2C1.I. The highest BCUT2D eigenvalue weighted by molar-refractivity contribution is 14.0. The Hall–Kier alpha value is -1.58. The summed E-state index contributed by atoms with van der Waals surface area (Å²) in [5, 5.41) is 3.47. The number of likely N-dealkylation sites (tertiary alicyclic amines) is 1. The van der Waals surface area contributed by atoms with E-state index in [9.17, 15) is 0 Å². The second-order valence-corrected chi connectivity index (χ2v) is 7.14. The Balaban J connectivity index is 0.00000225. The number of rotatable bonds is 5. The van der Waals surface area contributed by atoms with Crippen LogP contribution < -0.4 is 5.32 Å². The van der Waals surface area contributed by atoms with Crippen molar-refractivity contribution in [2.45, 2.75) is 25.1 Å². The molecule has 2 fully saturated rings. The van der Waals surface area contributed by atoms with Gasteiger partial charge in [0.05, 0.1) is 25.0 Å². The van der Waals surface area contributed by atoms with Gasteiger partial charge in [0, 0.05) is 46.2 Å². The van der Waals surface area contributed by atoms with Crippen LogP contribution in [-0.4, -0.2) is 67.7 Å². The summed E-state index contributed by atoms with van der Waals surface area (Å²) in [6.07, 6.45) is 2.81. The fourth-order valence-electron chi connectivity index (χ4n) is 4.03. The molecule has 0 aliphatic carbocycles. The van der Waals surface area contributed by atoms with Crippen molar-refractivity contribution in [2.75, 3.05) is 39.8 Å². The van der Waals surface area contributed by atoms with Gasteiger partial charge in [-0.05, 0) is 17.7 Å². The maximum Gasteiger partial charge on any atom is 0.193 e. The summed E-state index contributed by atoms with van der Waals surface area (Å²) in [6, 6.07) is 15.0. The Labute approximate surface area is 184 Å². The molecule has 28 heavy (non-hydrogen) atoms. The second-order valence-electron chi connectivity index (χ2n) is 7.14. The first-order chi connectivity index (χ1) is 13.3. The van der Waals surface area contributed by atoms with Gasteiger partial charge in [-0.2, -0.15) is 0 Å². The quantitative estimate of drug-likeness (QED) is 0.392. The van der Waals surface area contributed by atoms with Gasteiger partial charge in [0.1, 0.15) is 5.76 Å². The zero-order chi connectivity index (χ0) is 18.5. The number of nitrogens with one attached hydrogen (secondary N) is 1. The van der Waals surface area contributed by atoms with Gasteiger partial charge in [-0.25, -0.2) is 0 Å². The molecule has 1 aromatic carbocycles. The zero-order valence-corrected chi connectivity index (χ0v) is 18.6. The molecule has 2 aliphatic rings. The number of guanidine groups is 1. The topological polar surface area (TPSA) is 53.2 Å². The van der Waals surface area contributed by atoms with E-state index in [-0.39, 0.29) is 30.1 Å². The molecule has 152 valence electrons. The molecule has 1 aromatic heterocycles. The van der Waals surface area contributed by atoms with Crippen molar-refractivity contribution in [3.63, 3.8) is 0 Å². The number of fused-ring (bicyclic) bond motifs is 1. The summed E-state index contributed by atoms with van der Waals surface area (Å²) in [5.41, 5.74) is 1.36. The Morgan fingerprint density at radius 2 is 2.04 bits per heavy atom. The summed E-state index contributed by atoms with van der Waals surface area (Å²) < 4.78 is 11.5. The third-order valence-electron chi connectivity index (χ3n) is 5.39. The number of morpholine rings is 1. The number of hydrogen-bond donors (Lipinski definition) is 1. The van der Waals surface area contributed by atoms with E-state index in [0.29, 0.717) is 6.04 Å². The monoisotopic (exact) mass is 496 g/mol. The van der Waals surface area contributed by atoms with Crippen molar-refractivity contribution in [3.05, 3.63) is 60.1 Å². The van der Waals surface area contributed by atoms with Gasteiger partial charge in [0.25, 0.3) is 0 Å². The molecule has 0 amide bonds. The van der Waals surface area contributed by atoms with E-state index in [1.165, 1.54) is 5.56 Å². The lowest BCUT2D eigenvalue weighted by atomic mass is 10.1. The molecular formula is C21H29IN4O2. The highest BCUT2D eigenvalue weighted by atomic mass is 127. The van der Waals surface area contributed by atoms with Gasteiger partial charge in [0.2, 0.25) is 0 Å². The van der Waals surface area contributed by atoms with Crippen LogP contribution in [0, 0.1) is 0 Å². The van der Waals surface area contributed by atoms with Crippen LogP contribution in [0.5, 0.6) is 0 Å². The van der Waals surface area contributed by atoms with Gasteiger partial charge in [-0.3, -0.25) is 9.89 Å². The minimum Gasteiger partial charge on any atom is -0.469 e. The molecule has 1 N–H and O–H groups in total. The number of furan rings is 1. The van der Waals surface area contributed by atoms with Crippen LogP contribution in [0.2, 0.25) is 0 Å². The Bertz CT molecular complexity index is 738. The van der Waals surface area contributed by atoms with Crippen LogP contribution >= 0.6 is 24.0 Å². The second kappa shape index (κ2) is 10.3. The Morgan fingerprint density at radius 3 is 2.79 bits per heavy atom. The lowest BCUT2D eigenvalue weighted by molar-refractivity contribution is -0.0502. The maximum atomic E-state index is 6.08. The average Bonchev–Trinajstić information content (AvgIpc) is 3.36. The highest BCUT2D eigenvalue weighted by Gasteiger charge is 2.41. The molecular weight excluding hydrogens is 467 g/mol. The molecule has 2 unspecified atom stereocenters. The lowest BCUT2D eigenvalue weighted by Crippen LogP contribution is -2.50. The first kappa shape index (κ1) is 21.1. The number of ether oxygens (including phenoxy) is 1. The van der Waals surface area contributed by atoms with E-state index in [1.54, 1.807) is 6.26 Å². The maximum absolute atomic E-state index is 6.08. The van der Waals surface area contributed by atoms with E-state index < -0.39 is 0 Å². The zero-order valence-electron chi connectivity index (χ0n) is 16.3. The summed E-state index contributed by atoms with van der Waals surface area (Å²) in [6.45, 7) is 5.39. The van der Waals surface area contributed by atoms with E-state index in [1.807, 2.05) is 19.2 Å². The van der Waals surface area contributed by atoms with Crippen LogP contribution in [0.3, 0.4) is 0 Å². The van der Waals surface area contributed by atoms with Gasteiger partial charge in [0.15, 0.2) is 5.96 Å². The largest absolute Gasteiger partial charge is 0.469 e. The van der Waals surface area contributed by atoms with Gasteiger partial charge < -0.3 is 19.4 Å². The summed E-state index contributed by atoms with van der Waals surface area (Å²) >= 11 is 0. The molecule has 0 spiro atoms. The van der Waals surface area contributed by atoms with Crippen molar-refractivity contribution >= 4 is 29.9 Å². The molecule has 2 saturated heterocycles. The third-order valence-corrected chi connectivity index (χ3v) is 5.39. The van der Waals surface area contributed by atoms with Crippen molar-refractivity contribution in [2.24, 2.45) is 4.99 Å². The highest BCUT2D eigenvalue weighted by Crippen LogP contribution is 2.24. The Kier molecular flexibility index (Phi) is 7.75. The van der Waals surface area contributed by atoms with Crippen LogP contribution in [0.15, 0.2) is 58.1 Å². The van der Waals surface area contributed by atoms with Crippen LogP contribution in [-0.2, 0) is 17.7 Å². The predicted molar refractivity (Wildman–Crippen MR) is 121 cm³/mol. The molecule has 7 heteroatoms. The lowest BCUT2D eigenvalue weighted by Gasteiger charge is -2.36. The van der Waals surface area contributed by atoms with Gasteiger partial charge in [-0.1, -0.05) is 30.3 Å². The number of hydrogen-bond acceptors (Lipinski definition) is 4. The van der Waals surface area contributed by atoms with Crippen molar-refractivity contribution in [1.82, 2.24) is 15.1 Å². The minimum atomic E-state index is 0. The first-order valence-corrected chi connectivity index (χ1v) is 9.71. The average molecular weight is 496 g/mol. The number of aliphatic imine (C=N–C) groups is 1. The van der Waals surface area contributed by atoms with Crippen molar-refractivity contribution < 1.29 is 9.15 Å². The smallest absolute Gasteiger partial charge is 0.193 e. The fraction of sp³-hybridized carbons (Fsp3) is 0.476. The molecule has 0 saturated carbocycles. The van der Waals surface area contributed by atoms with Crippen molar-refractivity contribution in [1.29, 1.82) is 0 Å². The fourth-order valence-corrected chi connectivity index (χ4v) is 4.03. The number of nitrogens with zero attached hydrogens (tertiary/aromatic N) is 3. The number of halogens is 1. The van der Waals surface area contributed by atoms with Gasteiger partial charge >= 0.3 is 0 Å². The normalized spacial score (nSPS) is 22.6. The minimum absolute atomic E-state index is 0. The molecule has 2 atom stereocenters. The Morgan fingerprint density at radius 1 is 1.18 bits per heavy atom. The molecule has 2 aromatic rings. The standard InChI is InChI=1S/C21H28N4O2.HI/c1-22-21(23-10-9-18-8-5-12-26-18)25-15-19-20(16-25)27-13-11-24(19)14-17-6-3-2-4-7-17;/h2-8,12,19-20H,9-11,13-16H2,1H3,(H,22,23);1H. The molecule has 0 bridgehead atoms. The summed E-state index contributed by atoms with van der Waals surface area (Å²) in [4.78, 5) is 9.36. The summed E-state index contributed by atoms with van der Waals surface area (Å²) in [5.74, 6) is 1.93. The molecule has 0 radical (unpaired) electrons. The third kappa shape index (κ3) is 5.07. The van der Waals surface area contributed by atoms with E-state index in [2.05, 4.69) is 50.4 Å². The van der Waals surface area contributed by atoms with E-state index in [0.717, 1.165) is 57.5 Å². The predicted octanol–water partition coefficient (Wildman–Crippen LogP) is 2.60. The number of benzene rings is 1. The van der Waals surface area contributed by atoms with E-state index in [4.69, 9.17) is 9.15 Å². The van der Waals surface area contributed by atoms with Crippen molar-refractivity contribution in [3.8, 4) is 0 Å². The molecule has 4 rings (SSSR count).